The molecule has 2 aromatic carbocycles. The lowest BCUT2D eigenvalue weighted by molar-refractivity contribution is 0.122. The van der Waals surface area contributed by atoms with E-state index < -0.39 is 0 Å². The molecule has 0 radical (unpaired) electrons. The molecule has 1 aromatic heterocycles. The summed E-state index contributed by atoms with van der Waals surface area (Å²) in [6.07, 6.45) is 2.61. The number of nitrogens with zero attached hydrogens (tertiary/aromatic N) is 3. The minimum absolute atomic E-state index is 0.798. The van der Waals surface area contributed by atoms with Gasteiger partial charge in [-0.15, -0.1) is 0 Å². The largest absolute Gasteiger partial charge is 0.378 e. The molecule has 1 fully saturated rings. The summed E-state index contributed by atoms with van der Waals surface area (Å²) in [6, 6.07) is 14.8. The fourth-order valence-electron chi connectivity index (χ4n) is 3.14. The lowest BCUT2D eigenvalue weighted by Gasteiger charge is -2.28. The van der Waals surface area contributed by atoms with E-state index in [1.807, 2.05) is 0 Å². The topological polar surface area (TPSA) is 50.3 Å². The minimum Gasteiger partial charge on any atom is -0.378 e. The van der Waals surface area contributed by atoms with Gasteiger partial charge in [-0.05, 0) is 48.4 Å². The van der Waals surface area contributed by atoms with Crippen LogP contribution in [-0.2, 0) is 11.2 Å². The van der Waals surface area contributed by atoms with E-state index in [2.05, 4.69) is 69.6 Å². The van der Waals surface area contributed by atoms with Gasteiger partial charge in [0.15, 0.2) is 0 Å². The molecule has 5 nitrogen and oxygen atoms in total. The Hall–Kier alpha value is -2.66. The molecular formula is C20H22N4O. The number of benzene rings is 2. The Morgan fingerprint density at radius 2 is 1.84 bits per heavy atom. The molecule has 0 amide bonds. The summed E-state index contributed by atoms with van der Waals surface area (Å²) in [5.74, 6) is 0.847. The second-order valence-corrected chi connectivity index (χ2v) is 6.20. The second-order valence-electron chi connectivity index (χ2n) is 6.20. The second kappa shape index (κ2) is 7.07. The van der Waals surface area contributed by atoms with Crippen molar-refractivity contribution in [3.63, 3.8) is 0 Å². The van der Waals surface area contributed by atoms with E-state index >= 15 is 0 Å². The van der Waals surface area contributed by atoms with Crippen molar-refractivity contribution < 1.29 is 4.74 Å². The molecule has 128 valence electrons. The monoisotopic (exact) mass is 334 g/mol. The molecule has 0 spiro atoms. The molecule has 0 saturated carbocycles. The highest BCUT2D eigenvalue weighted by Crippen LogP contribution is 2.26. The van der Waals surface area contributed by atoms with Crippen molar-refractivity contribution >= 4 is 28.1 Å². The van der Waals surface area contributed by atoms with Crippen molar-refractivity contribution in [2.24, 2.45) is 0 Å². The first-order valence-electron chi connectivity index (χ1n) is 8.77. The molecule has 0 bridgehead atoms. The van der Waals surface area contributed by atoms with E-state index in [9.17, 15) is 0 Å². The number of aromatic nitrogens is 2. The molecule has 1 saturated heterocycles. The van der Waals surface area contributed by atoms with Gasteiger partial charge in [-0.25, -0.2) is 9.97 Å². The minimum atomic E-state index is 0.798. The van der Waals surface area contributed by atoms with Crippen LogP contribution in [0, 0.1) is 0 Å². The van der Waals surface area contributed by atoms with E-state index in [1.165, 1.54) is 11.3 Å². The molecule has 4 rings (SSSR count). The standard InChI is InChI=1S/C20H22N4O/c1-2-15-3-8-19-18(13-15)20(22-14-21-19)23-16-4-6-17(7-5-16)24-9-11-25-12-10-24/h3-8,13-14H,2,9-12H2,1H3,(H,21,22,23). The van der Waals surface area contributed by atoms with Crippen LogP contribution in [0.4, 0.5) is 17.2 Å². The third kappa shape index (κ3) is 3.42. The van der Waals surface area contributed by atoms with Gasteiger partial charge < -0.3 is 15.0 Å². The number of hydrogen-bond donors (Lipinski definition) is 1. The third-order valence-electron chi connectivity index (χ3n) is 4.61. The first-order valence-corrected chi connectivity index (χ1v) is 8.77. The fraction of sp³-hybridized carbons (Fsp3) is 0.300. The zero-order chi connectivity index (χ0) is 17.1. The number of nitrogens with one attached hydrogen (secondary N) is 1. The summed E-state index contributed by atoms with van der Waals surface area (Å²) in [4.78, 5) is 11.2. The Balaban J connectivity index is 1.58. The molecule has 1 aliphatic rings. The lowest BCUT2D eigenvalue weighted by Crippen LogP contribution is -2.36. The van der Waals surface area contributed by atoms with Crippen molar-refractivity contribution in [1.82, 2.24) is 9.97 Å². The number of anilines is 3. The maximum absolute atomic E-state index is 5.42. The van der Waals surface area contributed by atoms with E-state index in [0.29, 0.717) is 0 Å². The molecule has 1 N–H and O–H groups in total. The molecule has 0 aliphatic carbocycles. The van der Waals surface area contributed by atoms with Gasteiger partial charge >= 0.3 is 0 Å². The Kier molecular flexibility index (Phi) is 4.48. The number of hydrogen-bond acceptors (Lipinski definition) is 5. The highest BCUT2D eigenvalue weighted by Gasteiger charge is 2.11. The molecule has 25 heavy (non-hydrogen) atoms. The van der Waals surface area contributed by atoms with Gasteiger partial charge in [0, 0.05) is 29.9 Å². The molecule has 5 heteroatoms. The molecular weight excluding hydrogens is 312 g/mol. The average Bonchev–Trinajstić information content (AvgIpc) is 2.69. The quantitative estimate of drug-likeness (QED) is 0.787. The number of ether oxygens (including phenoxy) is 1. The van der Waals surface area contributed by atoms with Gasteiger partial charge in [-0.1, -0.05) is 13.0 Å². The van der Waals surface area contributed by atoms with Gasteiger partial charge in [0.05, 0.1) is 18.7 Å². The van der Waals surface area contributed by atoms with Crippen LogP contribution in [0.3, 0.4) is 0 Å². The number of rotatable bonds is 4. The van der Waals surface area contributed by atoms with Gasteiger partial charge in [-0.3, -0.25) is 0 Å². The molecule has 1 aliphatic heterocycles. The average molecular weight is 334 g/mol. The van der Waals surface area contributed by atoms with Gasteiger partial charge in [0.25, 0.3) is 0 Å². The van der Waals surface area contributed by atoms with E-state index in [-0.39, 0.29) is 0 Å². The van der Waals surface area contributed by atoms with Gasteiger partial charge in [-0.2, -0.15) is 0 Å². The predicted molar refractivity (Wildman–Crippen MR) is 102 cm³/mol. The van der Waals surface area contributed by atoms with Crippen LogP contribution < -0.4 is 10.2 Å². The maximum atomic E-state index is 5.42. The highest BCUT2D eigenvalue weighted by atomic mass is 16.5. The highest BCUT2D eigenvalue weighted by molar-refractivity contribution is 5.91. The van der Waals surface area contributed by atoms with Crippen molar-refractivity contribution in [1.29, 1.82) is 0 Å². The summed E-state index contributed by atoms with van der Waals surface area (Å²) in [5.41, 5.74) is 4.50. The summed E-state index contributed by atoms with van der Waals surface area (Å²) in [7, 11) is 0. The van der Waals surface area contributed by atoms with Crippen LogP contribution in [0.15, 0.2) is 48.8 Å². The van der Waals surface area contributed by atoms with Crippen molar-refractivity contribution in [2.75, 3.05) is 36.5 Å². The first-order chi connectivity index (χ1) is 12.3. The van der Waals surface area contributed by atoms with Crippen molar-refractivity contribution in [2.45, 2.75) is 13.3 Å². The number of fused-ring (bicyclic) bond motifs is 1. The Bertz CT molecular complexity index is 857. The maximum Gasteiger partial charge on any atom is 0.141 e. The molecule has 3 aromatic rings. The van der Waals surface area contributed by atoms with Crippen LogP contribution in [0.5, 0.6) is 0 Å². The van der Waals surface area contributed by atoms with Gasteiger partial charge in [0.2, 0.25) is 0 Å². The van der Waals surface area contributed by atoms with Crippen molar-refractivity contribution in [3.05, 3.63) is 54.4 Å². The SMILES string of the molecule is CCc1ccc2ncnc(Nc3ccc(N4CCOCC4)cc3)c2c1. The van der Waals surface area contributed by atoms with Crippen LogP contribution in [0.25, 0.3) is 10.9 Å². The summed E-state index contributed by atoms with van der Waals surface area (Å²) < 4.78 is 5.42. The summed E-state index contributed by atoms with van der Waals surface area (Å²) in [6.45, 7) is 5.65. The Labute approximate surface area is 147 Å². The summed E-state index contributed by atoms with van der Waals surface area (Å²) >= 11 is 0. The summed E-state index contributed by atoms with van der Waals surface area (Å²) in [5, 5.41) is 4.49. The number of morpholine rings is 1. The smallest absolute Gasteiger partial charge is 0.141 e. The lowest BCUT2D eigenvalue weighted by atomic mass is 10.1. The Morgan fingerprint density at radius 3 is 2.60 bits per heavy atom. The first kappa shape index (κ1) is 15.8. The zero-order valence-electron chi connectivity index (χ0n) is 14.4. The molecule has 2 heterocycles. The Morgan fingerprint density at radius 1 is 1.04 bits per heavy atom. The molecule has 0 unspecified atom stereocenters. The zero-order valence-corrected chi connectivity index (χ0v) is 14.4. The van der Waals surface area contributed by atoms with Crippen LogP contribution in [0.1, 0.15) is 12.5 Å². The van der Waals surface area contributed by atoms with Crippen molar-refractivity contribution in [3.8, 4) is 0 Å². The van der Waals surface area contributed by atoms with Gasteiger partial charge in [0.1, 0.15) is 12.1 Å². The van der Waals surface area contributed by atoms with Crippen LogP contribution >= 0.6 is 0 Å². The number of aryl methyl sites for hydroxylation is 1. The van der Waals surface area contributed by atoms with E-state index in [0.717, 1.165) is 55.1 Å². The normalized spacial score (nSPS) is 14.7. The van der Waals surface area contributed by atoms with Crippen LogP contribution in [0.2, 0.25) is 0 Å². The fourth-order valence-corrected chi connectivity index (χ4v) is 3.14. The third-order valence-corrected chi connectivity index (χ3v) is 4.61. The molecule has 0 atom stereocenters. The predicted octanol–water partition coefficient (Wildman–Crippen LogP) is 3.77. The van der Waals surface area contributed by atoms with E-state index in [1.54, 1.807) is 6.33 Å². The van der Waals surface area contributed by atoms with E-state index in [4.69, 9.17) is 4.74 Å². The van der Waals surface area contributed by atoms with Crippen LogP contribution in [-0.4, -0.2) is 36.3 Å².